The fourth-order valence-electron chi connectivity index (χ4n) is 4.76. The van der Waals surface area contributed by atoms with E-state index in [1.807, 2.05) is 11.8 Å². The molecule has 0 bridgehead atoms. The van der Waals surface area contributed by atoms with E-state index in [1.54, 1.807) is 0 Å². The molecular formula is C20H35N3O2. The predicted octanol–water partition coefficient (Wildman–Crippen LogP) is 2.40. The van der Waals surface area contributed by atoms with Crippen molar-refractivity contribution in [2.45, 2.75) is 77.3 Å². The molecule has 0 spiro atoms. The monoisotopic (exact) mass is 349 g/mol. The van der Waals surface area contributed by atoms with Gasteiger partial charge in [0.15, 0.2) is 0 Å². The molecule has 3 fully saturated rings. The number of amides is 2. The Morgan fingerprint density at radius 3 is 2.40 bits per heavy atom. The molecule has 0 aromatic rings. The van der Waals surface area contributed by atoms with Crippen LogP contribution in [0, 0.1) is 11.8 Å². The Kier molecular flexibility index (Phi) is 6.37. The second-order valence-corrected chi connectivity index (χ2v) is 8.42. The minimum Gasteiger partial charge on any atom is -0.352 e. The summed E-state index contributed by atoms with van der Waals surface area (Å²) in [6, 6.07) is 0.193. The first-order valence-electron chi connectivity index (χ1n) is 10.4. The molecule has 142 valence electrons. The van der Waals surface area contributed by atoms with E-state index in [2.05, 4.69) is 17.1 Å². The van der Waals surface area contributed by atoms with Crippen molar-refractivity contribution < 1.29 is 9.59 Å². The summed E-state index contributed by atoms with van der Waals surface area (Å²) < 4.78 is 0. The highest BCUT2D eigenvalue weighted by Crippen LogP contribution is 2.25. The quantitative estimate of drug-likeness (QED) is 0.848. The molecule has 5 heteroatoms. The normalized spacial score (nSPS) is 32.4. The standard InChI is InChI=1S/C20H35N3O2/c1-15-8-3-4-10-18(15)21-19(24)16(2)23-13-7-9-17(14-23)20(25)22-11-5-6-12-22/h15-18H,3-14H2,1-2H3,(H,21,24). The molecule has 1 N–H and O–H groups in total. The summed E-state index contributed by atoms with van der Waals surface area (Å²) in [6.07, 6.45) is 9.10. The van der Waals surface area contributed by atoms with Gasteiger partial charge in [0.1, 0.15) is 0 Å². The third kappa shape index (κ3) is 4.55. The van der Waals surface area contributed by atoms with Crippen LogP contribution >= 0.6 is 0 Å². The third-order valence-electron chi connectivity index (χ3n) is 6.59. The van der Waals surface area contributed by atoms with Gasteiger partial charge in [-0.2, -0.15) is 0 Å². The first-order chi connectivity index (χ1) is 12.1. The number of hydrogen-bond donors (Lipinski definition) is 1. The molecule has 0 radical (unpaired) electrons. The molecule has 4 unspecified atom stereocenters. The van der Waals surface area contributed by atoms with E-state index in [1.165, 1.54) is 19.3 Å². The minimum absolute atomic E-state index is 0.0794. The SMILES string of the molecule is CC1CCCCC1NC(=O)C(C)N1CCCC(C(=O)N2CCCC2)C1. The van der Waals surface area contributed by atoms with Crippen molar-refractivity contribution in [1.82, 2.24) is 15.1 Å². The maximum absolute atomic E-state index is 12.7. The van der Waals surface area contributed by atoms with Crippen LogP contribution in [0.25, 0.3) is 0 Å². The fourth-order valence-corrected chi connectivity index (χ4v) is 4.76. The van der Waals surface area contributed by atoms with E-state index in [-0.39, 0.29) is 17.9 Å². The lowest BCUT2D eigenvalue weighted by molar-refractivity contribution is -0.138. The number of carbonyl (C=O) groups excluding carboxylic acids is 2. The van der Waals surface area contributed by atoms with Crippen molar-refractivity contribution in [3.63, 3.8) is 0 Å². The van der Waals surface area contributed by atoms with Gasteiger partial charge in [0.2, 0.25) is 11.8 Å². The summed E-state index contributed by atoms with van der Waals surface area (Å²) >= 11 is 0. The Morgan fingerprint density at radius 2 is 1.68 bits per heavy atom. The van der Waals surface area contributed by atoms with Crippen LogP contribution < -0.4 is 5.32 Å². The summed E-state index contributed by atoms with van der Waals surface area (Å²) in [4.78, 5) is 29.7. The lowest BCUT2D eigenvalue weighted by atomic mass is 9.86. The molecular weight excluding hydrogens is 314 g/mol. The van der Waals surface area contributed by atoms with Gasteiger partial charge in [0, 0.05) is 25.7 Å². The summed E-state index contributed by atoms with van der Waals surface area (Å²) in [5.74, 6) is 1.12. The highest BCUT2D eigenvalue weighted by molar-refractivity contribution is 5.82. The van der Waals surface area contributed by atoms with Crippen LogP contribution in [0.15, 0.2) is 0 Å². The van der Waals surface area contributed by atoms with Gasteiger partial charge in [0.25, 0.3) is 0 Å². The molecule has 0 aromatic heterocycles. The zero-order chi connectivity index (χ0) is 17.8. The second kappa shape index (κ2) is 8.52. The van der Waals surface area contributed by atoms with E-state index < -0.39 is 0 Å². The van der Waals surface area contributed by atoms with Gasteiger partial charge in [0.05, 0.1) is 12.0 Å². The third-order valence-corrected chi connectivity index (χ3v) is 6.59. The van der Waals surface area contributed by atoms with Gasteiger partial charge in [-0.05, 0) is 57.9 Å². The van der Waals surface area contributed by atoms with E-state index >= 15 is 0 Å². The maximum Gasteiger partial charge on any atom is 0.237 e. The molecule has 5 nitrogen and oxygen atoms in total. The van der Waals surface area contributed by atoms with Crippen LogP contribution in [0.1, 0.15) is 65.2 Å². The molecule has 3 aliphatic rings. The summed E-state index contributed by atoms with van der Waals surface area (Å²) in [6.45, 7) is 7.77. The number of hydrogen-bond acceptors (Lipinski definition) is 3. The molecule has 1 aliphatic carbocycles. The number of carbonyl (C=O) groups is 2. The molecule has 0 aromatic carbocycles. The Hall–Kier alpha value is -1.10. The van der Waals surface area contributed by atoms with Crippen molar-refractivity contribution in [3.05, 3.63) is 0 Å². The molecule has 2 amide bonds. The number of likely N-dealkylation sites (tertiary alicyclic amines) is 2. The van der Waals surface area contributed by atoms with Gasteiger partial charge in [-0.15, -0.1) is 0 Å². The highest BCUT2D eigenvalue weighted by atomic mass is 16.2. The molecule has 1 saturated carbocycles. The molecule has 2 aliphatic heterocycles. The zero-order valence-electron chi connectivity index (χ0n) is 16.0. The number of nitrogens with one attached hydrogen (secondary N) is 1. The van der Waals surface area contributed by atoms with Crippen molar-refractivity contribution >= 4 is 11.8 Å². The topological polar surface area (TPSA) is 52.7 Å². The van der Waals surface area contributed by atoms with Crippen LogP contribution in [-0.2, 0) is 9.59 Å². The maximum atomic E-state index is 12.7. The van der Waals surface area contributed by atoms with Gasteiger partial charge < -0.3 is 10.2 Å². The van der Waals surface area contributed by atoms with Crippen molar-refractivity contribution in [1.29, 1.82) is 0 Å². The second-order valence-electron chi connectivity index (χ2n) is 8.42. The first kappa shape index (κ1) is 18.7. The molecule has 2 saturated heterocycles. The number of piperidine rings is 1. The lowest BCUT2D eigenvalue weighted by Crippen LogP contribution is -2.54. The average molecular weight is 350 g/mol. The average Bonchev–Trinajstić information content (AvgIpc) is 3.17. The van der Waals surface area contributed by atoms with Gasteiger partial charge >= 0.3 is 0 Å². The Morgan fingerprint density at radius 1 is 0.960 bits per heavy atom. The Balaban J connectivity index is 1.52. The molecule has 4 atom stereocenters. The fraction of sp³-hybridized carbons (Fsp3) is 0.900. The molecule has 2 heterocycles. The smallest absolute Gasteiger partial charge is 0.237 e. The molecule has 25 heavy (non-hydrogen) atoms. The van der Waals surface area contributed by atoms with Crippen LogP contribution in [-0.4, -0.2) is 59.9 Å². The van der Waals surface area contributed by atoms with Gasteiger partial charge in [-0.25, -0.2) is 0 Å². The first-order valence-corrected chi connectivity index (χ1v) is 10.4. The van der Waals surface area contributed by atoms with Crippen LogP contribution in [0.2, 0.25) is 0 Å². The minimum atomic E-state index is -0.136. The summed E-state index contributed by atoms with van der Waals surface area (Å²) in [7, 11) is 0. The van der Waals surface area contributed by atoms with Gasteiger partial charge in [-0.1, -0.05) is 19.8 Å². The molecule has 3 rings (SSSR count). The largest absolute Gasteiger partial charge is 0.352 e. The van der Waals surface area contributed by atoms with Gasteiger partial charge in [-0.3, -0.25) is 14.5 Å². The highest BCUT2D eigenvalue weighted by Gasteiger charge is 2.34. The van der Waals surface area contributed by atoms with E-state index in [9.17, 15) is 9.59 Å². The summed E-state index contributed by atoms with van der Waals surface area (Å²) in [5.41, 5.74) is 0. The zero-order valence-corrected chi connectivity index (χ0v) is 16.0. The van der Waals surface area contributed by atoms with Crippen molar-refractivity contribution in [3.8, 4) is 0 Å². The number of rotatable bonds is 4. The van der Waals surface area contributed by atoms with Crippen LogP contribution in [0.4, 0.5) is 0 Å². The number of nitrogens with zero attached hydrogens (tertiary/aromatic N) is 2. The van der Waals surface area contributed by atoms with E-state index in [4.69, 9.17) is 0 Å². The van der Waals surface area contributed by atoms with Crippen LogP contribution in [0.3, 0.4) is 0 Å². The van der Waals surface area contributed by atoms with E-state index in [0.29, 0.717) is 17.9 Å². The lowest BCUT2D eigenvalue weighted by Gasteiger charge is -2.38. The Labute approximate surface area is 152 Å². The van der Waals surface area contributed by atoms with E-state index in [0.717, 1.165) is 58.3 Å². The predicted molar refractivity (Wildman–Crippen MR) is 99.1 cm³/mol. The summed E-state index contributed by atoms with van der Waals surface area (Å²) in [5, 5.41) is 3.29. The van der Waals surface area contributed by atoms with Crippen LogP contribution in [0.5, 0.6) is 0 Å². The Bertz CT molecular complexity index is 476. The van der Waals surface area contributed by atoms with Crippen molar-refractivity contribution in [2.24, 2.45) is 11.8 Å². The van der Waals surface area contributed by atoms with Crippen molar-refractivity contribution in [2.75, 3.05) is 26.2 Å².